The summed E-state index contributed by atoms with van der Waals surface area (Å²) >= 11 is 0. The predicted octanol–water partition coefficient (Wildman–Crippen LogP) is 1.66. The summed E-state index contributed by atoms with van der Waals surface area (Å²) in [6, 6.07) is 5.39. The largest absolute Gasteiger partial charge is 0.353 e. The highest BCUT2D eigenvalue weighted by Gasteiger charge is 2.19. The van der Waals surface area contributed by atoms with Crippen molar-refractivity contribution in [1.82, 2.24) is 19.4 Å². The lowest BCUT2D eigenvalue weighted by molar-refractivity contribution is -0.128. The fraction of sp³-hybridized carbons (Fsp3) is 0.444. The topological polar surface area (TPSA) is 80.1 Å². The number of hydrogen-bond donors (Lipinski definition) is 1. The molecule has 1 N–H and O–H groups in total. The Labute approximate surface area is 146 Å². The molecule has 2 aromatic heterocycles. The molecule has 2 aromatic rings. The third-order valence-corrected chi connectivity index (χ3v) is 4.62. The number of aromatic nitrogens is 3. The van der Waals surface area contributed by atoms with E-state index >= 15 is 0 Å². The van der Waals surface area contributed by atoms with E-state index in [0.717, 1.165) is 37.9 Å². The maximum absolute atomic E-state index is 12.3. The summed E-state index contributed by atoms with van der Waals surface area (Å²) < 4.78 is 1.53. The minimum atomic E-state index is -0.108. The van der Waals surface area contributed by atoms with Gasteiger partial charge in [0.1, 0.15) is 0 Å². The van der Waals surface area contributed by atoms with Crippen molar-refractivity contribution in [3.8, 4) is 11.3 Å². The number of anilines is 1. The van der Waals surface area contributed by atoms with E-state index in [2.05, 4.69) is 15.3 Å². The highest BCUT2D eigenvalue weighted by molar-refractivity contribution is 5.73. The molecule has 1 atom stereocenters. The van der Waals surface area contributed by atoms with Gasteiger partial charge in [-0.25, -0.2) is 4.98 Å². The van der Waals surface area contributed by atoms with Gasteiger partial charge in [0.15, 0.2) is 0 Å². The number of rotatable bonds is 3. The molecule has 0 saturated carbocycles. The molecule has 1 aliphatic rings. The molecular formula is C18H23N5O2. The molecule has 0 spiro atoms. The lowest BCUT2D eigenvalue weighted by Gasteiger charge is -2.20. The van der Waals surface area contributed by atoms with E-state index in [4.69, 9.17) is 0 Å². The standard InChI is InChI=1S/C18H23N5O2/c1-13(24)23-10-3-4-15(7-11-23)20-18-21-16(12-17(25)22(18)2)14-5-8-19-9-6-14/h5-6,8-9,12,15H,3-4,7,10-11H2,1-2H3,(H,20,21). The van der Waals surface area contributed by atoms with Gasteiger partial charge in [-0.3, -0.25) is 19.1 Å². The molecule has 7 heteroatoms. The number of amides is 1. The van der Waals surface area contributed by atoms with Crippen molar-refractivity contribution < 1.29 is 4.79 Å². The first-order valence-corrected chi connectivity index (χ1v) is 8.55. The van der Waals surface area contributed by atoms with E-state index < -0.39 is 0 Å². The van der Waals surface area contributed by atoms with Crippen LogP contribution in [0.1, 0.15) is 26.2 Å². The molecule has 132 valence electrons. The van der Waals surface area contributed by atoms with Crippen molar-refractivity contribution in [2.45, 2.75) is 32.2 Å². The van der Waals surface area contributed by atoms with E-state index in [1.54, 1.807) is 26.4 Å². The molecule has 0 aliphatic carbocycles. The smallest absolute Gasteiger partial charge is 0.255 e. The Hall–Kier alpha value is -2.70. The first kappa shape index (κ1) is 17.1. The average molecular weight is 341 g/mol. The second kappa shape index (κ2) is 7.46. The van der Waals surface area contributed by atoms with Crippen molar-refractivity contribution in [1.29, 1.82) is 0 Å². The molecule has 1 saturated heterocycles. The zero-order valence-corrected chi connectivity index (χ0v) is 14.6. The van der Waals surface area contributed by atoms with E-state index in [-0.39, 0.29) is 17.5 Å². The Balaban J connectivity index is 1.81. The number of carbonyl (C=O) groups is 1. The Morgan fingerprint density at radius 1 is 1.24 bits per heavy atom. The monoisotopic (exact) mass is 341 g/mol. The quantitative estimate of drug-likeness (QED) is 0.918. The summed E-state index contributed by atoms with van der Waals surface area (Å²) in [4.78, 5) is 34.4. The Morgan fingerprint density at radius 2 is 2.00 bits per heavy atom. The van der Waals surface area contributed by atoms with Crippen LogP contribution in [0, 0.1) is 0 Å². The van der Waals surface area contributed by atoms with Crippen molar-refractivity contribution in [2.75, 3.05) is 18.4 Å². The molecule has 7 nitrogen and oxygen atoms in total. The lowest BCUT2D eigenvalue weighted by Crippen LogP contribution is -2.31. The fourth-order valence-electron chi connectivity index (χ4n) is 3.08. The number of carbonyl (C=O) groups excluding carboxylic acids is 1. The van der Waals surface area contributed by atoms with Crippen molar-refractivity contribution in [3.05, 3.63) is 40.9 Å². The molecule has 0 bridgehead atoms. The molecule has 1 fully saturated rings. The van der Waals surface area contributed by atoms with E-state index in [9.17, 15) is 9.59 Å². The summed E-state index contributed by atoms with van der Waals surface area (Å²) in [7, 11) is 1.71. The number of pyridine rings is 1. The number of likely N-dealkylation sites (tertiary alicyclic amines) is 1. The minimum absolute atomic E-state index is 0.108. The Morgan fingerprint density at radius 3 is 2.72 bits per heavy atom. The summed E-state index contributed by atoms with van der Waals surface area (Å²) in [6.45, 7) is 3.12. The highest BCUT2D eigenvalue weighted by Crippen LogP contribution is 2.19. The van der Waals surface area contributed by atoms with Gasteiger partial charge in [0.2, 0.25) is 11.9 Å². The summed E-state index contributed by atoms with van der Waals surface area (Å²) in [5.41, 5.74) is 1.38. The van der Waals surface area contributed by atoms with Crippen LogP contribution in [0.15, 0.2) is 35.4 Å². The third-order valence-electron chi connectivity index (χ3n) is 4.62. The second-order valence-electron chi connectivity index (χ2n) is 6.38. The first-order valence-electron chi connectivity index (χ1n) is 8.55. The van der Waals surface area contributed by atoms with Gasteiger partial charge in [0.05, 0.1) is 5.69 Å². The maximum atomic E-state index is 12.3. The SMILES string of the molecule is CC(=O)N1CCCC(Nc2nc(-c3ccncc3)cc(=O)n2C)CC1. The fourth-order valence-corrected chi connectivity index (χ4v) is 3.08. The molecule has 0 radical (unpaired) electrons. The Bertz CT molecular complexity index is 803. The van der Waals surface area contributed by atoms with E-state index in [1.807, 2.05) is 17.0 Å². The van der Waals surface area contributed by atoms with Gasteiger partial charge in [0.25, 0.3) is 5.56 Å². The Kier molecular flexibility index (Phi) is 5.11. The summed E-state index contributed by atoms with van der Waals surface area (Å²) in [5, 5.41) is 3.40. The number of nitrogens with one attached hydrogen (secondary N) is 1. The second-order valence-corrected chi connectivity index (χ2v) is 6.38. The van der Waals surface area contributed by atoms with Crippen molar-refractivity contribution >= 4 is 11.9 Å². The van der Waals surface area contributed by atoms with Crippen molar-refractivity contribution in [2.24, 2.45) is 7.05 Å². The predicted molar refractivity (Wildman–Crippen MR) is 96.2 cm³/mol. The van der Waals surface area contributed by atoms with Gasteiger partial charge >= 0.3 is 0 Å². The zero-order valence-electron chi connectivity index (χ0n) is 14.6. The van der Waals surface area contributed by atoms with Crippen LogP contribution < -0.4 is 10.9 Å². The number of hydrogen-bond acceptors (Lipinski definition) is 5. The van der Waals surface area contributed by atoms with Crippen LogP contribution >= 0.6 is 0 Å². The minimum Gasteiger partial charge on any atom is -0.353 e. The van der Waals surface area contributed by atoms with Gasteiger partial charge < -0.3 is 10.2 Å². The van der Waals surface area contributed by atoms with E-state index in [1.165, 1.54) is 10.6 Å². The van der Waals surface area contributed by atoms with Crippen LogP contribution in [0.3, 0.4) is 0 Å². The zero-order chi connectivity index (χ0) is 17.8. The van der Waals surface area contributed by atoms with Gasteiger partial charge in [-0.05, 0) is 31.4 Å². The summed E-state index contributed by atoms with van der Waals surface area (Å²) in [6.07, 6.45) is 6.09. The number of nitrogens with zero attached hydrogens (tertiary/aromatic N) is 4. The van der Waals surface area contributed by atoms with Gasteiger partial charge in [0, 0.05) is 57.1 Å². The average Bonchev–Trinajstić information content (AvgIpc) is 2.85. The van der Waals surface area contributed by atoms with Crippen LogP contribution in [0.2, 0.25) is 0 Å². The van der Waals surface area contributed by atoms with Gasteiger partial charge in [-0.15, -0.1) is 0 Å². The molecule has 1 aliphatic heterocycles. The summed E-state index contributed by atoms with van der Waals surface area (Å²) in [5.74, 6) is 0.673. The molecule has 3 heterocycles. The molecule has 3 rings (SSSR count). The molecule has 1 amide bonds. The van der Waals surface area contributed by atoms with E-state index in [0.29, 0.717) is 11.6 Å². The molecule has 25 heavy (non-hydrogen) atoms. The molecule has 1 unspecified atom stereocenters. The van der Waals surface area contributed by atoms with Gasteiger partial charge in [-0.2, -0.15) is 0 Å². The normalized spacial score (nSPS) is 17.8. The van der Waals surface area contributed by atoms with Crippen LogP contribution in [0.4, 0.5) is 5.95 Å². The van der Waals surface area contributed by atoms with Crippen LogP contribution in [0.25, 0.3) is 11.3 Å². The molecular weight excluding hydrogens is 318 g/mol. The highest BCUT2D eigenvalue weighted by atomic mass is 16.2. The third kappa shape index (κ3) is 4.04. The maximum Gasteiger partial charge on any atom is 0.255 e. The van der Waals surface area contributed by atoms with Crippen molar-refractivity contribution in [3.63, 3.8) is 0 Å². The lowest BCUT2D eigenvalue weighted by atomic mass is 10.1. The van der Waals surface area contributed by atoms with Crippen LogP contribution in [-0.4, -0.2) is 44.5 Å². The van der Waals surface area contributed by atoms with Crippen LogP contribution in [-0.2, 0) is 11.8 Å². The van der Waals surface area contributed by atoms with Crippen LogP contribution in [0.5, 0.6) is 0 Å². The first-order chi connectivity index (χ1) is 12.0. The van der Waals surface area contributed by atoms with Gasteiger partial charge in [-0.1, -0.05) is 0 Å². The molecule has 0 aromatic carbocycles.